The van der Waals surface area contributed by atoms with E-state index in [-0.39, 0.29) is 0 Å². The molecular weight excluding hydrogens is 210 g/mol. The predicted octanol–water partition coefficient (Wildman–Crippen LogP) is 1.08. The summed E-state index contributed by atoms with van der Waals surface area (Å²) in [6, 6.07) is 3.64. The minimum absolute atomic E-state index is 0.735. The average molecular weight is 221 g/mol. The number of nitrogens with zero attached hydrogens (tertiary/aromatic N) is 4. The Morgan fingerprint density at radius 1 is 1.47 bits per heavy atom. The number of pyridine rings is 1. The first kappa shape index (κ1) is 9.97. The van der Waals surface area contributed by atoms with Gasteiger partial charge >= 0.3 is 0 Å². The zero-order chi connectivity index (χ0) is 10.7. The summed E-state index contributed by atoms with van der Waals surface area (Å²) in [4.78, 5) is 8.32. The van der Waals surface area contributed by atoms with Crippen LogP contribution in [0, 0.1) is 0 Å². The molecule has 0 amide bonds. The molecule has 2 N–H and O–H groups in total. The van der Waals surface area contributed by atoms with Gasteiger partial charge in [0.2, 0.25) is 0 Å². The molecular formula is C9H11N5S. The van der Waals surface area contributed by atoms with Crippen LogP contribution in [-0.2, 0) is 12.8 Å². The molecule has 6 heteroatoms. The first-order valence-corrected chi connectivity index (χ1v) is 5.41. The number of nitrogens with two attached hydrogens (primary N) is 1. The highest BCUT2D eigenvalue weighted by molar-refractivity contribution is 7.98. The maximum Gasteiger partial charge on any atom is 0.186 e. The van der Waals surface area contributed by atoms with Crippen LogP contribution in [0.15, 0.2) is 29.8 Å². The third kappa shape index (κ3) is 2.47. The van der Waals surface area contributed by atoms with E-state index in [1.807, 2.05) is 13.1 Å². The molecule has 2 aromatic rings. The lowest BCUT2D eigenvalue weighted by Crippen LogP contribution is -1.95. The van der Waals surface area contributed by atoms with Crippen LogP contribution >= 0.6 is 11.8 Å². The van der Waals surface area contributed by atoms with E-state index in [1.54, 1.807) is 28.7 Å². The van der Waals surface area contributed by atoms with E-state index in [0.29, 0.717) is 0 Å². The summed E-state index contributed by atoms with van der Waals surface area (Å²) in [5, 5.41) is 4.86. The van der Waals surface area contributed by atoms with Crippen molar-refractivity contribution in [3.05, 3.63) is 30.4 Å². The van der Waals surface area contributed by atoms with Crippen molar-refractivity contribution in [3.8, 4) is 0 Å². The normalized spacial score (nSPS) is 10.5. The SMILES string of the molecule is Cn1ncnc1SCc1cc(N)ccn1. The number of hydrogen-bond donors (Lipinski definition) is 1. The Morgan fingerprint density at radius 3 is 3.00 bits per heavy atom. The Hall–Kier alpha value is -1.56. The molecule has 5 nitrogen and oxygen atoms in total. The first-order chi connectivity index (χ1) is 7.25. The van der Waals surface area contributed by atoms with Gasteiger partial charge < -0.3 is 5.73 Å². The molecule has 0 unspecified atom stereocenters. The Balaban J connectivity index is 2.02. The Morgan fingerprint density at radius 2 is 2.33 bits per heavy atom. The molecule has 0 spiro atoms. The fraction of sp³-hybridized carbons (Fsp3) is 0.222. The van der Waals surface area contributed by atoms with Crippen LogP contribution in [0.2, 0.25) is 0 Å². The van der Waals surface area contributed by atoms with Gasteiger partial charge in [-0.1, -0.05) is 11.8 Å². The summed E-state index contributed by atoms with van der Waals surface area (Å²) >= 11 is 1.59. The van der Waals surface area contributed by atoms with Gasteiger partial charge in [-0.3, -0.25) is 4.98 Å². The molecule has 15 heavy (non-hydrogen) atoms. The average Bonchev–Trinajstić information content (AvgIpc) is 2.61. The molecule has 0 aromatic carbocycles. The second-order valence-electron chi connectivity index (χ2n) is 3.04. The molecule has 0 atom stereocenters. The molecule has 0 saturated carbocycles. The summed E-state index contributed by atoms with van der Waals surface area (Å²) in [6.45, 7) is 0. The van der Waals surface area contributed by atoms with Crippen LogP contribution in [0.4, 0.5) is 5.69 Å². The van der Waals surface area contributed by atoms with Crippen molar-refractivity contribution >= 4 is 17.4 Å². The predicted molar refractivity (Wildman–Crippen MR) is 59.2 cm³/mol. The lowest BCUT2D eigenvalue weighted by Gasteiger charge is -2.00. The molecule has 2 aromatic heterocycles. The summed E-state index contributed by atoms with van der Waals surface area (Å²) in [5.74, 6) is 0.748. The van der Waals surface area contributed by atoms with Gasteiger partial charge in [-0.05, 0) is 12.1 Å². The number of aryl methyl sites for hydroxylation is 1. The van der Waals surface area contributed by atoms with Crippen molar-refractivity contribution in [1.82, 2.24) is 19.7 Å². The van der Waals surface area contributed by atoms with E-state index in [4.69, 9.17) is 5.73 Å². The Bertz CT molecular complexity index is 453. The third-order valence-electron chi connectivity index (χ3n) is 1.86. The monoisotopic (exact) mass is 221 g/mol. The maximum atomic E-state index is 5.66. The zero-order valence-corrected chi connectivity index (χ0v) is 9.11. The van der Waals surface area contributed by atoms with Gasteiger partial charge in [-0.2, -0.15) is 5.10 Å². The van der Waals surface area contributed by atoms with Crippen LogP contribution in [0.1, 0.15) is 5.69 Å². The second-order valence-corrected chi connectivity index (χ2v) is 3.98. The second kappa shape index (κ2) is 4.31. The summed E-state index contributed by atoms with van der Waals surface area (Å²) in [6.07, 6.45) is 3.25. The highest BCUT2D eigenvalue weighted by atomic mass is 32.2. The lowest BCUT2D eigenvalue weighted by molar-refractivity contribution is 0.685. The van der Waals surface area contributed by atoms with Crippen molar-refractivity contribution in [2.75, 3.05) is 5.73 Å². The van der Waals surface area contributed by atoms with Gasteiger partial charge in [-0.15, -0.1) is 0 Å². The number of nitrogen functional groups attached to an aromatic ring is 1. The quantitative estimate of drug-likeness (QED) is 0.785. The van der Waals surface area contributed by atoms with E-state index in [2.05, 4.69) is 15.1 Å². The van der Waals surface area contributed by atoms with Crippen LogP contribution in [-0.4, -0.2) is 19.7 Å². The topological polar surface area (TPSA) is 69.6 Å². The fourth-order valence-corrected chi connectivity index (χ4v) is 1.92. The molecule has 0 bridgehead atoms. The highest BCUT2D eigenvalue weighted by Crippen LogP contribution is 2.19. The van der Waals surface area contributed by atoms with Crippen LogP contribution in [0.3, 0.4) is 0 Å². The van der Waals surface area contributed by atoms with Crippen LogP contribution in [0.25, 0.3) is 0 Å². The number of thioether (sulfide) groups is 1. The van der Waals surface area contributed by atoms with Crippen molar-refractivity contribution in [1.29, 1.82) is 0 Å². The molecule has 0 aliphatic heterocycles. The Kier molecular flexibility index (Phi) is 2.86. The smallest absolute Gasteiger partial charge is 0.186 e. The van der Waals surface area contributed by atoms with Crippen LogP contribution < -0.4 is 5.73 Å². The maximum absolute atomic E-state index is 5.66. The van der Waals surface area contributed by atoms with Gasteiger partial charge in [-0.25, -0.2) is 9.67 Å². The molecule has 0 aliphatic carbocycles. The third-order valence-corrected chi connectivity index (χ3v) is 2.93. The highest BCUT2D eigenvalue weighted by Gasteiger charge is 2.02. The molecule has 78 valence electrons. The fourth-order valence-electron chi connectivity index (χ4n) is 1.13. The zero-order valence-electron chi connectivity index (χ0n) is 8.29. The number of anilines is 1. The molecule has 0 aliphatic rings. The van der Waals surface area contributed by atoms with Gasteiger partial charge in [0.15, 0.2) is 5.16 Å². The number of aromatic nitrogens is 4. The minimum Gasteiger partial charge on any atom is -0.399 e. The molecule has 0 radical (unpaired) electrons. The van der Waals surface area contributed by atoms with E-state index in [1.165, 1.54) is 6.33 Å². The van der Waals surface area contributed by atoms with Crippen molar-refractivity contribution in [3.63, 3.8) is 0 Å². The van der Waals surface area contributed by atoms with Gasteiger partial charge in [0, 0.05) is 24.7 Å². The van der Waals surface area contributed by atoms with Crippen molar-refractivity contribution in [2.24, 2.45) is 7.05 Å². The van der Waals surface area contributed by atoms with E-state index in [9.17, 15) is 0 Å². The largest absolute Gasteiger partial charge is 0.399 e. The Labute approximate surface area is 91.7 Å². The first-order valence-electron chi connectivity index (χ1n) is 4.43. The summed E-state index contributed by atoms with van der Waals surface area (Å²) < 4.78 is 1.73. The minimum atomic E-state index is 0.735. The number of hydrogen-bond acceptors (Lipinski definition) is 5. The van der Waals surface area contributed by atoms with Crippen LogP contribution in [0.5, 0.6) is 0 Å². The van der Waals surface area contributed by atoms with Gasteiger partial charge in [0.05, 0.1) is 5.69 Å². The van der Waals surface area contributed by atoms with E-state index >= 15 is 0 Å². The van der Waals surface area contributed by atoms with Crippen molar-refractivity contribution < 1.29 is 0 Å². The molecule has 2 heterocycles. The van der Waals surface area contributed by atoms with Gasteiger partial charge in [0.1, 0.15) is 6.33 Å². The van der Waals surface area contributed by atoms with E-state index < -0.39 is 0 Å². The lowest BCUT2D eigenvalue weighted by atomic mass is 10.3. The molecule has 0 saturated heterocycles. The van der Waals surface area contributed by atoms with Gasteiger partial charge in [0.25, 0.3) is 0 Å². The standard InChI is InChI=1S/C9H11N5S/c1-14-9(12-6-13-14)15-5-8-4-7(10)2-3-11-8/h2-4,6H,5H2,1H3,(H2,10,11). The molecule has 0 fully saturated rings. The summed E-state index contributed by atoms with van der Waals surface area (Å²) in [5.41, 5.74) is 7.34. The van der Waals surface area contributed by atoms with E-state index in [0.717, 1.165) is 22.3 Å². The summed E-state index contributed by atoms with van der Waals surface area (Å²) in [7, 11) is 1.86. The molecule has 2 rings (SSSR count). The van der Waals surface area contributed by atoms with Crippen molar-refractivity contribution in [2.45, 2.75) is 10.9 Å². The number of rotatable bonds is 3.